The first-order valence-electron chi connectivity index (χ1n) is 9.00. The monoisotopic (exact) mass is 398 g/mol. The van der Waals surface area contributed by atoms with Gasteiger partial charge in [0.25, 0.3) is 17.7 Å². The highest BCUT2D eigenvalue weighted by atomic mass is 32.1. The van der Waals surface area contributed by atoms with Crippen LogP contribution >= 0.6 is 12.6 Å². The standard InChI is InChI=1S/C17H20F2N4O3S/c18-17(19)8-22(9-17)13-14(26-7-10-3-4-10)21-11(6-20-13)15(24)23-5-1-2-12(23)16(25)27/h6,10,12H,1-5,7-9H2,(H,25,27)/t12-/m1/s1. The van der Waals surface area contributed by atoms with E-state index in [1.807, 2.05) is 0 Å². The van der Waals surface area contributed by atoms with E-state index in [4.69, 9.17) is 4.74 Å². The van der Waals surface area contributed by atoms with Crippen LogP contribution in [0.3, 0.4) is 0 Å². The molecule has 4 rings (SSSR count). The van der Waals surface area contributed by atoms with E-state index in [0.29, 0.717) is 31.9 Å². The lowest BCUT2D eigenvalue weighted by atomic mass is 10.1. The second kappa shape index (κ2) is 6.88. The maximum absolute atomic E-state index is 13.2. The van der Waals surface area contributed by atoms with Gasteiger partial charge < -0.3 is 14.5 Å². The van der Waals surface area contributed by atoms with Gasteiger partial charge in [0.15, 0.2) is 11.5 Å². The minimum Gasteiger partial charge on any atom is -0.475 e. The quantitative estimate of drug-likeness (QED) is 0.737. The third-order valence-electron chi connectivity index (χ3n) is 5.04. The second-order valence-electron chi connectivity index (χ2n) is 7.35. The Bertz CT molecular complexity index is 767. The Balaban J connectivity index is 1.56. The lowest BCUT2D eigenvalue weighted by Gasteiger charge is -2.39. The molecule has 3 heterocycles. The van der Waals surface area contributed by atoms with Crippen LogP contribution in [-0.2, 0) is 4.79 Å². The molecular formula is C17H20F2N4O3S. The number of rotatable bonds is 6. The van der Waals surface area contributed by atoms with Crippen molar-refractivity contribution in [3.63, 3.8) is 0 Å². The summed E-state index contributed by atoms with van der Waals surface area (Å²) in [5.41, 5.74) is 0.0401. The summed E-state index contributed by atoms with van der Waals surface area (Å²) in [7, 11) is 0. The SMILES string of the molecule is O=C(S)[C@H]1CCCN1C(=O)c1cnc(N2CC(F)(F)C2)c(OCC2CC2)n1. The van der Waals surface area contributed by atoms with Crippen molar-refractivity contribution in [2.24, 2.45) is 5.92 Å². The maximum atomic E-state index is 13.2. The highest BCUT2D eigenvalue weighted by Gasteiger charge is 2.46. The molecule has 1 amide bonds. The molecule has 0 N–H and O–H groups in total. The van der Waals surface area contributed by atoms with Crippen molar-refractivity contribution in [2.75, 3.05) is 31.1 Å². The van der Waals surface area contributed by atoms with Crippen molar-refractivity contribution >= 4 is 29.5 Å². The van der Waals surface area contributed by atoms with Crippen molar-refractivity contribution in [1.29, 1.82) is 0 Å². The molecule has 0 aromatic carbocycles. The number of likely N-dealkylation sites (tertiary alicyclic amines) is 1. The first kappa shape index (κ1) is 18.4. The molecule has 1 atom stereocenters. The van der Waals surface area contributed by atoms with Gasteiger partial charge in [-0.3, -0.25) is 9.59 Å². The van der Waals surface area contributed by atoms with Crippen molar-refractivity contribution in [3.05, 3.63) is 11.9 Å². The molecule has 1 aliphatic carbocycles. The summed E-state index contributed by atoms with van der Waals surface area (Å²) in [6, 6.07) is -0.577. The number of hydrogen-bond donors (Lipinski definition) is 1. The first-order chi connectivity index (χ1) is 12.8. The Morgan fingerprint density at radius 1 is 1.30 bits per heavy atom. The average Bonchev–Trinajstić information content (AvgIpc) is 3.30. The Morgan fingerprint density at radius 2 is 2.04 bits per heavy atom. The summed E-state index contributed by atoms with van der Waals surface area (Å²) >= 11 is 3.85. The van der Waals surface area contributed by atoms with Gasteiger partial charge in [-0.1, -0.05) is 0 Å². The molecule has 0 unspecified atom stereocenters. The summed E-state index contributed by atoms with van der Waals surface area (Å²) in [5.74, 6) is -2.43. The number of carbonyl (C=O) groups excluding carboxylic acids is 2. The van der Waals surface area contributed by atoms with E-state index in [1.165, 1.54) is 16.0 Å². The molecule has 1 aromatic rings. The van der Waals surface area contributed by atoms with Crippen LogP contribution in [0.5, 0.6) is 5.88 Å². The smallest absolute Gasteiger partial charge is 0.282 e. The van der Waals surface area contributed by atoms with E-state index in [2.05, 4.69) is 22.6 Å². The number of amides is 1. The lowest BCUT2D eigenvalue weighted by Crippen LogP contribution is -2.56. The van der Waals surface area contributed by atoms with Crippen LogP contribution in [0.1, 0.15) is 36.2 Å². The minimum atomic E-state index is -2.75. The summed E-state index contributed by atoms with van der Waals surface area (Å²) in [6.07, 6.45) is 4.65. The molecule has 0 radical (unpaired) electrons. The van der Waals surface area contributed by atoms with Crippen molar-refractivity contribution in [1.82, 2.24) is 14.9 Å². The molecule has 1 aromatic heterocycles. The number of halogens is 2. The molecular weight excluding hydrogens is 378 g/mol. The normalized spacial score (nSPS) is 23.9. The van der Waals surface area contributed by atoms with Crippen molar-refractivity contribution in [2.45, 2.75) is 37.6 Å². The van der Waals surface area contributed by atoms with E-state index in [-0.39, 0.29) is 22.5 Å². The Kier molecular flexibility index (Phi) is 4.69. The third-order valence-corrected chi connectivity index (χ3v) is 5.33. The summed E-state index contributed by atoms with van der Waals surface area (Å²) < 4.78 is 32.2. The number of nitrogens with zero attached hydrogens (tertiary/aromatic N) is 4. The van der Waals surface area contributed by atoms with Gasteiger partial charge in [0, 0.05) is 6.54 Å². The van der Waals surface area contributed by atoms with Gasteiger partial charge in [-0.05, 0) is 31.6 Å². The molecule has 2 aliphatic heterocycles. The summed E-state index contributed by atoms with van der Waals surface area (Å²) in [6.45, 7) is -0.0326. The number of anilines is 1. The first-order valence-corrected chi connectivity index (χ1v) is 9.45. The maximum Gasteiger partial charge on any atom is 0.282 e. The van der Waals surface area contributed by atoms with Crippen LogP contribution in [0.4, 0.5) is 14.6 Å². The van der Waals surface area contributed by atoms with E-state index < -0.39 is 31.0 Å². The zero-order valence-electron chi connectivity index (χ0n) is 14.6. The van der Waals surface area contributed by atoms with Gasteiger partial charge in [0.2, 0.25) is 5.12 Å². The molecule has 27 heavy (non-hydrogen) atoms. The van der Waals surface area contributed by atoms with E-state index in [1.54, 1.807) is 0 Å². The second-order valence-corrected chi connectivity index (χ2v) is 7.79. The van der Waals surface area contributed by atoms with Crippen LogP contribution in [0, 0.1) is 5.92 Å². The summed E-state index contributed by atoms with van der Waals surface area (Å²) in [4.78, 5) is 35.7. The van der Waals surface area contributed by atoms with Gasteiger partial charge >= 0.3 is 0 Å². The van der Waals surface area contributed by atoms with Crippen LogP contribution < -0.4 is 9.64 Å². The van der Waals surface area contributed by atoms with Crippen LogP contribution in [0.25, 0.3) is 0 Å². The molecule has 0 bridgehead atoms. The fourth-order valence-corrected chi connectivity index (χ4v) is 3.61. The average molecular weight is 398 g/mol. The molecule has 3 aliphatic rings. The third kappa shape index (κ3) is 3.85. The Hall–Kier alpha value is -1.97. The number of aromatic nitrogens is 2. The predicted molar refractivity (Wildman–Crippen MR) is 95.5 cm³/mol. The van der Waals surface area contributed by atoms with Crippen LogP contribution in [-0.4, -0.2) is 64.1 Å². The number of hydrogen-bond acceptors (Lipinski definition) is 6. The topological polar surface area (TPSA) is 75.6 Å². The van der Waals surface area contributed by atoms with Gasteiger partial charge in [-0.25, -0.2) is 18.7 Å². The minimum absolute atomic E-state index is 0.0401. The molecule has 1 saturated carbocycles. The van der Waals surface area contributed by atoms with Crippen molar-refractivity contribution in [3.8, 4) is 5.88 Å². The van der Waals surface area contributed by atoms with Crippen molar-refractivity contribution < 1.29 is 23.1 Å². The number of carbonyl (C=O) groups is 2. The Labute approximate surface area is 160 Å². The molecule has 7 nitrogen and oxygen atoms in total. The van der Waals surface area contributed by atoms with Gasteiger partial charge in [-0.2, -0.15) is 0 Å². The van der Waals surface area contributed by atoms with Crippen LogP contribution in [0.2, 0.25) is 0 Å². The van der Waals surface area contributed by atoms with Gasteiger partial charge in [0.1, 0.15) is 6.04 Å². The van der Waals surface area contributed by atoms with E-state index in [9.17, 15) is 18.4 Å². The zero-order valence-corrected chi connectivity index (χ0v) is 15.5. The van der Waals surface area contributed by atoms with E-state index >= 15 is 0 Å². The fourth-order valence-electron chi connectivity index (χ4n) is 3.34. The highest BCUT2D eigenvalue weighted by molar-refractivity contribution is 7.96. The molecule has 0 spiro atoms. The number of thiol groups is 1. The number of alkyl halides is 2. The molecule has 10 heteroatoms. The fraction of sp³-hybridized carbons (Fsp3) is 0.647. The predicted octanol–water partition coefficient (Wildman–Crippen LogP) is 1.78. The molecule has 2 saturated heterocycles. The molecule has 146 valence electrons. The highest BCUT2D eigenvalue weighted by Crippen LogP contribution is 2.36. The van der Waals surface area contributed by atoms with Gasteiger partial charge in [0.05, 0.1) is 25.9 Å². The van der Waals surface area contributed by atoms with Crippen LogP contribution in [0.15, 0.2) is 6.20 Å². The zero-order chi connectivity index (χ0) is 19.2. The molecule has 3 fully saturated rings. The Morgan fingerprint density at radius 3 is 2.67 bits per heavy atom. The van der Waals surface area contributed by atoms with E-state index in [0.717, 1.165) is 12.8 Å². The lowest BCUT2D eigenvalue weighted by molar-refractivity contribution is -0.114. The largest absolute Gasteiger partial charge is 0.475 e. The number of ether oxygens (including phenoxy) is 1. The van der Waals surface area contributed by atoms with Gasteiger partial charge in [-0.15, -0.1) is 12.6 Å². The summed E-state index contributed by atoms with van der Waals surface area (Å²) in [5, 5.41) is -0.363.